The fraction of sp³-hybridized carbons (Fsp3) is 0.500. The first-order valence-corrected chi connectivity index (χ1v) is 10.6. The van der Waals surface area contributed by atoms with Crippen molar-refractivity contribution in [3.05, 3.63) is 57.8 Å². The third kappa shape index (κ3) is 6.33. The summed E-state index contributed by atoms with van der Waals surface area (Å²) in [5.74, 6) is 0. The van der Waals surface area contributed by atoms with Gasteiger partial charge in [0.15, 0.2) is 0 Å². The van der Waals surface area contributed by atoms with Crippen molar-refractivity contribution in [1.29, 1.82) is 0 Å². The Balaban J connectivity index is 2.10. The Kier molecular flexibility index (Phi) is 8.04. The molecule has 0 aliphatic rings. The van der Waals surface area contributed by atoms with Crippen molar-refractivity contribution in [2.24, 2.45) is 0 Å². The van der Waals surface area contributed by atoms with Gasteiger partial charge in [-0.25, -0.2) is 4.79 Å². The molecule has 3 N–H and O–H groups in total. The molecule has 1 aromatic heterocycles. The third-order valence-corrected chi connectivity index (χ3v) is 5.86. The van der Waals surface area contributed by atoms with Crippen molar-refractivity contribution in [2.45, 2.75) is 64.8 Å². The van der Waals surface area contributed by atoms with E-state index in [1.54, 1.807) is 11.3 Å². The predicted molar refractivity (Wildman–Crippen MR) is 115 cm³/mol. The Morgan fingerprint density at radius 1 is 1.21 bits per heavy atom. The maximum absolute atomic E-state index is 12.0. The number of hydrogen-bond acceptors (Lipinski definition) is 4. The number of carboxylic acid groups (broad SMARTS) is 1. The van der Waals surface area contributed by atoms with Gasteiger partial charge in [0, 0.05) is 23.5 Å². The highest BCUT2D eigenvalue weighted by atomic mass is 32.1. The molecule has 0 saturated carbocycles. The molecule has 1 amide bonds. The van der Waals surface area contributed by atoms with Crippen molar-refractivity contribution in [2.75, 3.05) is 6.54 Å². The first-order valence-electron chi connectivity index (χ1n) is 9.73. The number of thiophene rings is 1. The number of aryl methyl sites for hydroxylation is 1. The van der Waals surface area contributed by atoms with Gasteiger partial charge in [-0.3, -0.25) is 4.90 Å². The van der Waals surface area contributed by atoms with E-state index in [0.717, 1.165) is 12.0 Å². The van der Waals surface area contributed by atoms with E-state index in [1.807, 2.05) is 51.1 Å². The summed E-state index contributed by atoms with van der Waals surface area (Å²) in [6, 6.07) is 11.4. The predicted octanol–water partition coefficient (Wildman–Crippen LogP) is 4.15. The molecular formula is C22H32N2O3S. The Morgan fingerprint density at radius 3 is 2.43 bits per heavy atom. The summed E-state index contributed by atoms with van der Waals surface area (Å²) in [6.45, 7) is 8.70. The molecule has 1 heterocycles. The number of aliphatic hydroxyl groups is 1. The zero-order chi connectivity index (χ0) is 20.7. The molecule has 0 fully saturated rings. The SMILES string of the molecule is CCc1cc(CNC[C@@H](O)[C@H](Cc2ccccc2)N(C(=O)O)C(C)(C)C)cs1. The van der Waals surface area contributed by atoms with Gasteiger partial charge in [0.1, 0.15) is 0 Å². The molecule has 28 heavy (non-hydrogen) atoms. The number of carbonyl (C=O) groups is 1. The van der Waals surface area contributed by atoms with Crippen LogP contribution in [0.5, 0.6) is 0 Å². The number of benzene rings is 1. The molecule has 1 aromatic carbocycles. The zero-order valence-electron chi connectivity index (χ0n) is 17.2. The van der Waals surface area contributed by atoms with E-state index in [1.165, 1.54) is 15.3 Å². The van der Waals surface area contributed by atoms with Crippen LogP contribution in [0.25, 0.3) is 0 Å². The van der Waals surface area contributed by atoms with Crippen LogP contribution in [-0.2, 0) is 19.4 Å². The molecule has 154 valence electrons. The van der Waals surface area contributed by atoms with Gasteiger partial charge >= 0.3 is 6.09 Å². The normalized spacial score (nSPS) is 13.9. The Labute approximate surface area is 172 Å². The van der Waals surface area contributed by atoms with Gasteiger partial charge in [-0.15, -0.1) is 11.3 Å². The molecule has 2 atom stereocenters. The molecule has 0 spiro atoms. The standard InChI is InChI=1S/C22H32N2O3S/c1-5-18-11-17(15-28-18)13-23-14-20(25)19(12-16-9-7-6-8-10-16)24(21(26)27)22(2,3)4/h6-11,15,19-20,23,25H,5,12-14H2,1-4H3,(H,26,27)/t19-,20+/m0/s1. The summed E-state index contributed by atoms with van der Waals surface area (Å²) >= 11 is 1.74. The van der Waals surface area contributed by atoms with E-state index in [2.05, 4.69) is 23.7 Å². The molecule has 0 aliphatic carbocycles. The van der Waals surface area contributed by atoms with Gasteiger partial charge in [-0.2, -0.15) is 0 Å². The number of amides is 1. The smallest absolute Gasteiger partial charge is 0.408 e. The summed E-state index contributed by atoms with van der Waals surface area (Å²) < 4.78 is 0. The van der Waals surface area contributed by atoms with Gasteiger partial charge in [0.2, 0.25) is 0 Å². The van der Waals surface area contributed by atoms with Crippen LogP contribution in [0.3, 0.4) is 0 Å². The highest BCUT2D eigenvalue weighted by molar-refractivity contribution is 7.10. The number of nitrogens with one attached hydrogen (secondary N) is 1. The van der Waals surface area contributed by atoms with Crippen LogP contribution in [0.4, 0.5) is 4.79 Å². The molecule has 0 unspecified atom stereocenters. The summed E-state index contributed by atoms with van der Waals surface area (Å²) in [7, 11) is 0. The molecule has 0 saturated heterocycles. The van der Waals surface area contributed by atoms with Crippen molar-refractivity contribution in [3.63, 3.8) is 0 Å². The molecule has 2 aromatic rings. The Hall–Kier alpha value is -1.89. The Bertz CT molecular complexity index is 740. The van der Waals surface area contributed by atoms with Gasteiger partial charge in [0.05, 0.1) is 12.1 Å². The molecular weight excluding hydrogens is 372 g/mol. The summed E-state index contributed by atoms with van der Waals surface area (Å²) in [5, 5.41) is 26.2. The highest BCUT2D eigenvalue weighted by Gasteiger charge is 2.37. The van der Waals surface area contributed by atoms with E-state index >= 15 is 0 Å². The van der Waals surface area contributed by atoms with Crippen LogP contribution < -0.4 is 5.32 Å². The molecule has 0 radical (unpaired) electrons. The Morgan fingerprint density at radius 2 is 1.89 bits per heavy atom. The van der Waals surface area contributed by atoms with Gasteiger partial charge in [0.25, 0.3) is 0 Å². The van der Waals surface area contributed by atoms with E-state index in [-0.39, 0.29) is 0 Å². The fourth-order valence-corrected chi connectivity index (χ4v) is 4.23. The molecule has 5 nitrogen and oxygen atoms in total. The molecule has 6 heteroatoms. The molecule has 2 rings (SSSR count). The van der Waals surface area contributed by atoms with Gasteiger partial charge in [-0.05, 0) is 56.2 Å². The maximum atomic E-state index is 12.0. The average Bonchev–Trinajstić information content (AvgIpc) is 3.08. The molecule has 0 aliphatic heterocycles. The monoisotopic (exact) mass is 404 g/mol. The van der Waals surface area contributed by atoms with Gasteiger partial charge < -0.3 is 15.5 Å². The van der Waals surface area contributed by atoms with Crippen LogP contribution in [0.2, 0.25) is 0 Å². The maximum Gasteiger partial charge on any atom is 0.408 e. The van der Waals surface area contributed by atoms with Gasteiger partial charge in [-0.1, -0.05) is 37.3 Å². The first-order chi connectivity index (χ1) is 13.2. The van der Waals surface area contributed by atoms with Crippen LogP contribution in [-0.4, -0.2) is 45.4 Å². The minimum Gasteiger partial charge on any atom is -0.465 e. The van der Waals surface area contributed by atoms with Crippen LogP contribution in [0.1, 0.15) is 43.7 Å². The fourth-order valence-electron chi connectivity index (χ4n) is 3.39. The van der Waals surface area contributed by atoms with E-state index in [9.17, 15) is 15.0 Å². The highest BCUT2D eigenvalue weighted by Crippen LogP contribution is 2.23. The number of hydrogen-bond donors (Lipinski definition) is 3. The topological polar surface area (TPSA) is 72.8 Å². The minimum absolute atomic E-state index is 0.328. The average molecular weight is 405 g/mol. The zero-order valence-corrected chi connectivity index (χ0v) is 18.0. The summed E-state index contributed by atoms with van der Waals surface area (Å²) in [4.78, 5) is 14.7. The van der Waals surface area contributed by atoms with Crippen LogP contribution >= 0.6 is 11.3 Å². The quantitative estimate of drug-likeness (QED) is 0.587. The minimum atomic E-state index is -1.02. The molecule has 0 bridgehead atoms. The van der Waals surface area contributed by atoms with E-state index < -0.39 is 23.8 Å². The second kappa shape index (κ2) is 10.0. The van der Waals surface area contributed by atoms with Crippen molar-refractivity contribution < 1.29 is 15.0 Å². The summed E-state index contributed by atoms with van der Waals surface area (Å²) in [6.07, 6.45) is -0.352. The van der Waals surface area contributed by atoms with Crippen molar-refractivity contribution in [3.8, 4) is 0 Å². The second-order valence-corrected chi connectivity index (χ2v) is 9.05. The van der Waals surface area contributed by atoms with Crippen molar-refractivity contribution >= 4 is 17.4 Å². The largest absolute Gasteiger partial charge is 0.465 e. The van der Waals surface area contributed by atoms with Crippen molar-refractivity contribution in [1.82, 2.24) is 10.2 Å². The summed E-state index contributed by atoms with van der Waals surface area (Å²) in [5.41, 5.74) is 1.59. The first kappa shape index (κ1) is 22.4. The van der Waals surface area contributed by atoms with E-state index in [0.29, 0.717) is 19.5 Å². The second-order valence-electron chi connectivity index (χ2n) is 8.05. The van der Waals surface area contributed by atoms with Crippen LogP contribution in [0, 0.1) is 0 Å². The lowest BCUT2D eigenvalue weighted by molar-refractivity contribution is 0.00770. The van der Waals surface area contributed by atoms with E-state index in [4.69, 9.17) is 0 Å². The lowest BCUT2D eigenvalue weighted by Crippen LogP contribution is -2.58. The number of rotatable bonds is 9. The lowest BCUT2D eigenvalue weighted by Gasteiger charge is -2.42. The number of aliphatic hydroxyl groups excluding tert-OH is 1. The third-order valence-electron chi connectivity index (χ3n) is 4.73. The number of nitrogens with zero attached hydrogens (tertiary/aromatic N) is 1. The van der Waals surface area contributed by atoms with Crippen LogP contribution in [0.15, 0.2) is 41.8 Å². The lowest BCUT2D eigenvalue weighted by atomic mass is 9.94.